The van der Waals surface area contributed by atoms with E-state index in [2.05, 4.69) is 5.32 Å². The van der Waals surface area contributed by atoms with E-state index >= 15 is 0 Å². The second-order valence-corrected chi connectivity index (χ2v) is 12.8. The number of nitrogens with one attached hydrogen (secondary N) is 1. The lowest BCUT2D eigenvalue weighted by Gasteiger charge is -2.33. The molecule has 1 N–H and O–H groups in total. The number of carbonyl (C=O) groups excluding carboxylic acids is 2. The molecule has 3 rings (SSSR count). The Bertz CT molecular complexity index is 1430. The number of anilines is 1. The monoisotopic (exact) mass is 565 g/mol. The summed E-state index contributed by atoms with van der Waals surface area (Å²) in [5, 5.41) is 2.93. The van der Waals surface area contributed by atoms with Crippen LogP contribution in [0.25, 0.3) is 0 Å². The van der Waals surface area contributed by atoms with E-state index in [0.29, 0.717) is 5.75 Å². The van der Waals surface area contributed by atoms with E-state index in [0.717, 1.165) is 21.0 Å². The van der Waals surface area contributed by atoms with Crippen LogP contribution in [0.3, 0.4) is 0 Å². The molecule has 0 aromatic heterocycles. The lowest BCUT2D eigenvalue weighted by Crippen LogP contribution is -2.54. The average Bonchev–Trinajstić information content (AvgIpc) is 2.90. The molecular formula is C31H39N3O5S. The van der Waals surface area contributed by atoms with Crippen LogP contribution in [0.2, 0.25) is 0 Å². The van der Waals surface area contributed by atoms with Crippen molar-refractivity contribution in [3.63, 3.8) is 0 Å². The van der Waals surface area contributed by atoms with E-state index in [1.165, 1.54) is 24.1 Å². The molecule has 40 heavy (non-hydrogen) atoms. The lowest BCUT2D eigenvalue weighted by atomic mass is 10.1. The topological polar surface area (TPSA) is 96.0 Å². The number of amides is 2. The zero-order valence-corrected chi connectivity index (χ0v) is 25.1. The zero-order chi connectivity index (χ0) is 29.7. The normalized spacial score (nSPS) is 12.4. The maximum Gasteiger partial charge on any atom is 0.264 e. The summed E-state index contributed by atoms with van der Waals surface area (Å²) in [4.78, 5) is 28.7. The van der Waals surface area contributed by atoms with Gasteiger partial charge in [-0.05, 0) is 71.4 Å². The first kappa shape index (κ1) is 30.7. The van der Waals surface area contributed by atoms with E-state index in [-0.39, 0.29) is 23.0 Å². The van der Waals surface area contributed by atoms with Crippen molar-refractivity contribution in [1.29, 1.82) is 0 Å². The Labute approximate surface area is 238 Å². The number of para-hydroxylation sites is 2. The van der Waals surface area contributed by atoms with Crippen LogP contribution in [0, 0.1) is 13.8 Å². The van der Waals surface area contributed by atoms with Crippen molar-refractivity contribution < 1.29 is 22.7 Å². The van der Waals surface area contributed by atoms with Crippen molar-refractivity contribution in [2.24, 2.45) is 0 Å². The van der Waals surface area contributed by atoms with Gasteiger partial charge in [0.1, 0.15) is 18.3 Å². The molecule has 0 spiro atoms. The third kappa shape index (κ3) is 7.63. The summed E-state index contributed by atoms with van der Waals surface area (Å²) in [5.74, 6) is -0.563. The molecule has 0 heterocycles. The summed E-state index contributed by atoms with van der Waals surface area (Å²) in [5.41, 5.74) is 2.50. The third-order valence-corrected chi connectivity index (χ3v) is 8.15. The maximum atomic E-state index is 14.0. The summed E-state index contributed by atoms with van der Waals surface area (Å²) >= 11 is 0. The van der Waals surface area contributed by atoms with Gasteiger partial charge in [0.05, 0.1) is 17.7 Å². The fraction of sp³-hybridized carbons (Fsp3) is 0.355. The van der Waals surface area contributed by atoms with Crippen molar-refractivity contribution in [2.45, 2.75) is 64.6 Å². The fourth-order valence-electron chi connectivity index (χ4n) is 4.13. The quantitative estimate of drug-likeness (QED) is 0.380. The standard InChI is InChI=1S/C31H39N3O5S/c1-22-12-16-25(17-13-22)20-33(24(3)30(36)32-31(4,5)6)29(35)21-34(27-10-8-9-11-28(27)39-7)40(37,38)26-18-14-23(2)15-19-26/h8-19,24H,20-21H2,1-7H3,(H,32,36)/t24-/m0/s1. The molecular weight excluding hydrogens is 526 g/mol. The van der Waals surface area contributed by atoms with Gasteiger partial charge in [0, 0.05) is 12.1 Å². The number of sulfonamides is 1. The highest BCUT2D eigenvalue weighted by Crippen LogP contribution is 2.32. The number of ether oxygens (including phenoxy) is 1. The molecule has 0 aliphatic carbocycles. The van der Waals surface area contributed by atoms with Gasteiger partial charge in [0.2, 0.25) is 11.8 Å². The molecule has 8 nitrogen and oxygen atoms in total. The molecule has 1 atom stereocenters. The minimum absolute atomic E-state index is 0.0421. The van der Waals surface area contributed by atoms with Gasteiger partial charge in [-0.3, -0.25) is 13.9 Å². The Balaban J connectivity index is 2.07. The van der Waals surface area contributed by atoms with Gasteiger partial charge in [0.25, 0.3) is 10.0 Å². The van der Waals surface area contributed by atoms with Crippen molar-refractivity contribution >= 4 is 27.5 Å². The molecule has 9 heteroatoms. The molecule has 0 radical (unpaired) electrons. The summed E-state index contributed by atoms with van der Waals surface area (Å²) in [7, 11) is -2.74. The van der Waals surface area contributed by atoms with Gasteiger partial charge >= 0.3 is 0 Å². The first-order valence-electron chi connectivity index (χ1n) is 13.1. The first-order chi connectivity index (χ1) is 18.7. The number of nitrogens with zero attached hydrogens (tertiary/aromatic N) is 2. The van der Waals surface area contributed by atoms with Crippen LogP contribution in [0.4, 0.5) is 5.69 Å². The number of carbonyl (C=O) groups is 2. The highest BCUT2D eigenvalue weighted by molar-refractivity contribution is 7.92. The summed E-state index contributed by atoms with van der Waals surface area (Å²) in [6.45, 7) is 10.7. The minimum Gasteiger partial charge on any atom is -0.495 e. The van der Waals surface area contributed by atoms with Crippen LogP contribution in [0.15, 0.2) is 77.7 Å². The van der Waals surface area contributed by atoms with Gasteiger partial charge in [-0.2, -0.15) is 0 Å². The molecule has 3 aromatic carbocycles. The van der Waals surface area contributed by atoms with Crippen LogP contribution in [-0.2, 0) is 26.2 Å². The second-order valence-electron chi connectivity index (χ2n) is 10.9. The van der Waals surface area contributed by atoms with Crippen molar-refractivity contribution in [2.75, 3.05) is 18.0 Å². The van der Waals surface area contributed by atoms with Crippen LogP contribution in [0.5, 0.6) is 5.75 Å². The molecule has 0 unspecified atom stereocenters. The molecule has 0 bridgehead atoms. The molecule has 0 aliphatic rings. The van der Waals surface area contributed by atoms with Crippen molar-refractivity contribution in [1.82, 2.24) is 10.2 Å². The predicted octanol–water partition coefficient (Wildman–Crippen LogP) is 4.84. The predicted molar refractivity (Wildman–Crippen MR) is 158 cm³/mol. The third-order valence-electron chi connectivity index (χ3n) is 6.38. The summed E-state index contributed by atoms with van der Waals surface area (Å²) < 4.78 is 34.5. The van der Waals surface area contributed by atoms with Gasteiger partial charge < -0.3 is 15.0 Å². The van der Waals surface area contributed by atoms with Crippen LogP contribution in [-0.4, -0.2) is 50.4 Å². The van der Waals surface area contributed by atoms with Crippen molar-refractivity contribution in [3.05, 3.63) is 89.5 Å². The second kappa shape index (κ2) is 12.6. The highest BCUT2D eigenvalue weighted by Gasteiger charge is 2.34. The smallest absolute Gasteiger partial charge is 0.264 e. The Morgan fingerprint density at radius 2 is 1.45 bits per heavy atom. The Hall–Kier alpha value is -3.85. The Morgan fingerprint density at radius 3 is 2.00 bits per heavy atom. The molecule has 2 amide bonds. The molecule has 0 fully saturated rings. The SMILES string of the molecule is COc1ccccc1N(CC(=O)N(Cc1ccc(C)cc1)[C@@H](C)C(=O)NC(C)(C)C)S(=O)(=O)c1ccc(C)cc1. The average molecular weight is 566 g/mol. The van der Waals surface area contributed by atoms with Gasteiger partial charge in [-0.25, -0.2) is 8.42 Å². The van der Waals surface area contributed by atoms with E-state index in [9.17, 15) is 18.0 Å². The molecule has 0 aliphatic heterocycles. The largest absolute Gasteiger partial charge is 0.495 e. The molecule has 0 saturated carbocycles. The minimum atomic E-state index is -4.18. The van der Waals surface area contributed by atoms with E-state index in [1.54, 1.807) is 43.3 Å². The lowest BCUT2D eigenvalue weighted by molar-refractivity contribution is -0.140. The van der Waals surface area contributed by atoms with E-state index in [4.69, 9.17) is 4.74 Å². The number of rotatable bonds is 10. The van der Waals surface area contributed by atoms with E-state index in [1.807, 2.05) is 58.9 Å². The zero-order valence-electron chi connectivity index (χ0n) is 24.3. The number of aryl methyl sites for hydroxylation is 2. The number of hydrogen-bond acceptors (Lipinski definition) is 5. The van der Waals surface area contributed by atoms with Crippen molar-refractivity contribution in [3.8, 4) is 5.75 Å². The van der Waals surface area contributed by atoms with Gasteiger partial charge in [0.15, 0.2) is 0 Å². The summed E-state index contributed by atoms with van der Waals surface area (Å²) in [6.07, 6.45) is 0. The number of hydrogen-bond donors (Lipinski definition) is 1. The van der Waals surface area contributed by atoms with Gasteiger partial charge in [-0.15, -0.1) is 0 Å². The Kier molecular flexibility index (Phi) is 9.63. The van der Waals surface area contributed by atoms with Crippen LogP contribution in [0.1, 0.15) is 44.4 Å². The van der Waals surface area contributed by atoms with E-state index < -0.39 is 34.1 Å². The van der Waals surface area contributed by atoms with Gasteiger partial charge in [-0.1, -0.05) is 59.7 Å². The number of benzene rings is 3. The molecule has 0 saturated heterocycles. The molecule has 3 aromatic rings. The first-order valence-corrected chi connectivity index (χ1v) is 14.6. The fourth-order valence-corrected chi connectivity index (χ4v) is 5.56. The van der Waals surface area contributed by atoms with Crippen LogP contribution >= 0.6 is 0 Å². The maximum absolute atomic E-state index is 14.0. The summed E-state index contributed by atoms with van der Waals surface area (Å²) in [6, 6.07) is 19.9. The number of methoxy groups -OCH3 is 1. The Morgan fingerprint density at radius 1 is 0.900 bits per heavy atom. The molecule has 214 valence electrons. The highest BCUT2D eigenvalue weighted by atomic mass is 32.2. The van der Waals surface area contributed by atoms with Crippen LogP contribution < -0.4 is 14.4 Å².